The van der Waals surface area contributed by atoms with Crippen LogP contribution in [0.15, 0.2) is 30.6 Å². The van der Waals surface area contributed by atoms with Crippen LogP contribution in [0.1, 0.15) is 10.5 Å². The van der Waals surface area contributed by atoms with E-state index in [0.717, 1.165) is 0 Å². The van der Waals surface area contributed by atoms with Gasteiger partial charge in [-0.25, -0.2) is 4.98 Å². The fourth-order valence-corrected chi connectivity index (χ4v) is 2.25. The number of H-pyrrole nitrogens is 1. The number of aromatic nitrogens is 4. The number of amides is 1. The minimum Gasteiger partial charge on any atom is -0.367 e. The van der Waals surface area contributed by atoms with E-state index in [9.17, 15) is 4.79 Å². The van der Waals surface area contributed by atoms with Crippen molar-refractivity contribution in [3.63, 3.8) is 0 Å². The second kappa shape index (κ2) is 6.80. The first-order valence-corrected chi connectivity index (χ1v) is 7.52. The normalized spacial score (nSPS) is 10.7. The zero-order valence-electron chi connectivity index (χ0n) is 11.8. The molecule has 0 atom stereocenters. The first-order chi connectivity index (χ1) is 11.1. The number of nitrogens with one attached hydrogen (secondary N) is 3. The monoisotopic (exact) mass is 350 g/mol. The van der Waals surface area contributed by atoms with Gasteiger partial charge in [-0.05, 0) is 18.2 Å². The molecule has 2 aromatic heterocycles. The average Bonchev–Trinajstić information content (AvgIpc) is 3.07. The van der Waals surface area contributed by atoms with Crippen LogP contribution in [0, 0.1) is 0 Å². The number of halogens is 2. The largest absolute Gasteiger partial charge is 0.367 e. The lowest BCUT2D eigenvalue weighted by Gasteiger charge is -2.07. The lowest BCUT2D eigenvalue weighted by molar-refractivity contribution is 0.0950. The van der Waals surface area contributed by atoms with E-state index in [4.69, 9.17) is 23.2 Å². The summed E-state index contributed by atoms with van der Waals surface area (Å²) in [4.78, 5) is 20.4. The third-order valence-corrected chi connectivity index (χ3v) is 3.77. The third kappa shape index (κ3) is 3.69. The summed E-state index contributed by atoms with van der Waals surface area (Å²) >= 11 is 11.9. The standard InChI is InChI=1S/C14H12Cl2N6O/c15-8-5-11-12(6-9(8)16)21-13(7-19-11)17-3-4-18-14(23)10-1-2-20-22-10/h1-2,5-7H,3-4H2,(H,17,21)(H,18,23)(H,20,22). The van der Waals surface area contributed by atoms with Crippen LogP contribution in [0.2, 0.25) is 10.0 Å². The number of carbonyl (C=O) groups excluding carboxylic acids is 1. The van der Waals surface area contributed by atoms with Crippen molar-refractivity contribution in [1.29, 1.82) is 0 Å². The lowest BCUT2D eigenvalue weighted by atomic mass is 10.3. The molecule has 0 bridgehead atoms. The van der Waals surface area contributed by atoms with Gasteiger partial charge in [0.2, 0.25) is 0 Å². The number of hydrogen-bond acceptors (Lipinski definition) is 5. The molecule has 7 nitrogen and oxygen atoms in total. The molecule has 3 aromatic rings. The number of fused-ring (bicyclic) bond motifs is 1. The minimum atomic E-state index is -0.213. The Morgan fingerprint density at radius 2 is 1.96 bits per heavy atom. The SMILES string of the molecule is O=C(NCCNc1cnc2cc(Cl)c(Cl)cc2n1)c1ccn[nH]1. The van der Waals surface area contributed by atoms with Crippen LogP contribution >= 0.6 is 23.2 Å². The number of aromatic amines is 1. The molecule has 0 aliphatic rings. The summed E-state index contributed by atoms with van der Waals surface area (Å²) in [7, 11) is 0. The molecule has 0 saturated carbocycles. The van der Waals surface area contributed by atoms with E-state index >= 15 is 0 Å². The molecule has 0 fully saturated rings. The Kier molecular flexibility index (Phi) is 4.59. The van der Waals surface area contributed by atoms with Gasteiger partial charge in [0.05, 0.1) is 27.3 Å². The van der Waals surface area contributed by atoms with Crippen LogP contribution in [-0.4, -0.2) is 39.2 Å². The number of carbonyl (C=O) groups is 1. The number of benzene rings is 1. The van der Waals surface area contributed by atoms with Gasteiger partial charge < -0.3 is 10.6 Å². The van der Waals surface area contributed by atoms with Crippen molar-refractivity contribution < 1.29 is 4.79 Å². The highest BCUT2D eigenvalue weighted by molar-refractivity contribution is 6.42. The summed E-state index contributed by atoms with van der Waals surface area (Å²) in [5.74, 6) is 0.377. The van der Waals surface area contributed by atoms with Gasteiger partial charge in [0.15, 0.2) is 0 Å². The molecule has 9 heteroatoms. The number of rotatable bonds is 5. The molecule has 3 N–H and O–H groups in total. The Labute approximate surface area is 141 Å². The van der Waals surface area contributed by atoms with E-state index < -0.39 is 0 Å². The van der Waals surface area contributed by atoms with Crippen molar-refractivity contribution in [2.45, 2.75) is 0 Å². The van der Waals surface area contributed by atoms with Gasteiger partial charge in [0.1, 0.15) is 11.5 Å². The van der Waals surface area contributed by atoms with Crippen LogP contribution in [-0.2, 0) is 0 Å². The molecule has 1 aromatic carbocycles. The Bertz CT molecular complexity index is 837. The maximum atomic E-state index is 11.7. The van der Waals surface area contributed by atoms with Gasteiger partial charge in [0, 0.05) is 19.3 Å². The van der Waals surface area contributed by atoms with Crippen molar-refractivity contribution >= 4 is 46.0 Å². The first-order valence-electron chi connectivity index (χ1n) is 6.77. The minimum absolute atomic E-state index is 0.213. The molecule has 0 unspecified atom stereocenters. The number of anilines is 1. The van der Waals surface area contributed by atoms with Crippen molar-refractivity contribution in [1.82, 2.24) is 25.5 Å². The number of hydrogen-bond donors (Lipinski definition) is 3. The van der Waals surface area contributed by atoms with E-state index in [-0.39, 0.29) is 5.91 Å². The van der Waals surface area contributed by atoms with E-state index in [0.29, 0.717) is 45.7 Å². The molecule has 2 heterocycles. The van der Waals surface area contributed by atoms with E-state index in [1.807, 2.05) is 0 Å². The molecular weight excluding hydrogens is 339 g/mol. The van der Waals surface area contributed by atoms with E-state index in [2.05, 4.69) is 30.8 Å². The summed E-state index contributed by atoms with van der Waals surface area (Å²) in [6.45, 7) is 0.931. The fraction of sp³-hybridized carbons (Fsp3) is 0.143. The van der Waals surface area contributed by atoms with Crippen molar-refractivity contribution in [2.24, 2.45) is 0 Å². The van der Waals surface area contributed by atoms with E-state index in [1.165, 1.54) is 6.20 Å². The van der Waals surface area contributed by atoms with E-state index in [1.54, 1.807) is 24.4 Å². The maximum absolute atomic E-state index is 11.7. The van der Waals surface area contributed by atoms with Gasteiger partial charge in [-0.2, -0.15) is 5.10 Å². The molecule has 0 aliphatic carbocycles. The predicted octanol–water partition coefficient (Wildman–Crippen LogP) is 2.50. The second-order valence-electron chi connectivity index (χ2n) is 4.66. The van der Waals surface area contributed by atoms with Crippen LogP contribution in [0.4, 0.5) is 5.82 Å². The summed E-state index contributed by atoms with van der Waals surface area (Å²) in [5.41, 5.74) is 1.73. The summed E-state index contributed by atoms with van der Waals surface area (Å²) in [6, 6.07) is 4.93. The summed E-state index contributed by atoms with van der Waals surface area (Å²) < 4.78 is 0. The zero-order valence-corrected chi connectivity index (χ0v) is 13.3. The van der Waals surface area contributed by atoms with Gasteiger partial charge in [-0.3, -0.25) is 14.9 Å². The Hall–Kier alpha value is -2.38. The molecule has 0 spiro atoms. The van der Waals surface area contributed by atoms with Gasteiger partial charge in [-0.15, -0.1) is 0 Å². The maximum Gasteiger partial charge on any atom is 0.269 e. The molecule has 0 radical (unpaired) electrons. The summed E-state index contributed by atoms with van der Waals surface area (Å²) in [5, 5.41) is 13.0. The fourth-order valence-electron chi connectivity index (χ4n) is 1.94. The van der Waals surface area contributed by atoms with Crippen LogP contribution in [0.25, 0.3) is 11.0 Å². The van der Waals surface area contributed by atoms with Crippen molar-refractivity contribution in [3.8, 4) is 0 Å². The van der Waals surface area contributed by atoms with Crippen molar-refractivity contribution in [3.05, 3.63) is 46.3 Å². The molecule has 118 valence electrons. The number of nitrogens with zero attached hydrogens (tertiary/aromatic N) is 3. The Balaban J connectivity index is 1.57. The molecular formula is C14H12Cl2N6O. The third-order valence-electron chi connectivity index (χ3n) is 3.05. The lowest BCUT2D eigenvalue weighted by Crippen LogP contribution is -2.29. The van der Waals surface area contributed by atoms with Crippen LogP contribution in [0.3, 0.4) is 0 Å². The van der Waals surface area contributed by atoms with Gasteiger partial charge in [-0.1, -0.05) is 23.2 Å². The molecule has 1 amide bonds. The topological polar surface area (TPSA) is 95.6 Å². The second-order valence-corrected chi connectivity index (χ2v) is 5.48. The Morgan fingerprint density at radius 3 is 2.70 bits per heavy atom. The molecule has 0 saturated heterocycles. The van der Waals surface area contributed by atoms with Crippen LogP contribution < -0.4 is 10.6 Å². The smallest absolute Gasteiger partial charge is 0.269 e. The van der Waals surface area contributed by atoms with Gasteiger partial charge >= 0.3 is 0 Å². The first kappa shape index (κ1) is 15.5. The van der Waals surface area contributed by atoms with Crippen LogP contribution in [0.5, 0.6) is 0 Å². The quantitative estimate of drug-likeness (QED) is 0.614. The highest BCUT2D eigenvalue weighted by atomic mass is 35.5. The summed E-state index contributed by atoms with van der Waals surface area (Å²) in [6.07, 6.45) is 3.12. The molecule has 3 rings (SSSR count). The molecule has 0 aliphatic heterocycles. The molecule has 23 heavy (non-hydrogen) atoms. The van der Waals surface area contributed by atoms with Crippen molar-refractivity contribution in [2.75, 3.05) is 18.4 Å². The predicted molar refractivity (Wildman–Crippen MR) is 89.0 cm³/mol. The highest BCUT2D eigenvalue weighted by Gasteiger charge is 2.06. The Morgan fingerprint density at radius 1 is 1.17 bits per heavy atom. The highest BCUT2D eigenvalue weighted by Crippen LogP contribution is 2.26. The average molecular weight is 351 g/mol. The van der Waals surface area contributed by atoms with Gasteiger partial charge in [0.25, 0.3) is 5.91 Å². The zero-order chi connectivity index (χ0) is 16.2.